The summed E-state index contributed by atoms with van der Waals surface area (Å²) >= 11 is 0. The van der Waals surface area contributed by atoms with Gasteiger partial charge in [0.15, 0.2) is 0 Å². The number of rotatable bonds is 4. The number of anilines is 1. The van der Waals surface area contributed by atoms with Crippen molar-refractivity contribution in [2.24, 2.45) is 5.92 Å². The number of nitrogens with one attached hydrogen (secondary N) is 2. The van der Waals surface area contributed by atoms with Crippen LogP contribution in [0.15, 0.2) is 36.5 Å². The summed E-state index contributed by atoms with van der Waals surface area (Å²) in [6.07, 6.45) is 4.40. The number of carbonyl (C=O) groups is 3. The summed E-state index contributed by atoms with van der Waals surface area (Å²) in [5.41, 5.74) is 2.00. The predicted octanol–water partition coefficient (Wildman–Crippen LogP) is 2.66. The first-order valence-corrected chi connectivity index (χ1v) is 10.2. The molecule has 152 valence electrons. The molecule has 1 saturated heterocycles. The zero-order valence-corrected chi connectivity index (χ0v) is 16.6. The van der Waals surface area contributed by atoms with Crippen molar-refractivity contribution in [3.63, 3.8) is 0 Å². The minimum Gasteiger partial charge on any atom is -0.347 e. The lowest BCUT2D eigenvalue weighted by molar-refractivity contribution is -0.132. The summed E-state index contributed by atoms with van der Waals surface area (Å²) in [5.74, 6) is 0.636. The van der Waals surface area contributed by atoms with Gasteiger partial charge in [-0.2, -0.15) is 0 Å². The highest BCUT2D eigenvalue weighted by Gasteiger charge is 2.34. The Bertz CT molecular complexity index is 932. The summed E-state index contributed by atoms with van der Waals surface area (Å²) < 4.78 is 0. The van der Waals surface area contributed by atoms with E-state index in [1.54, 1.807) is 23.2 Å². The van der Waals surface area contributed by atoms with Gasteiger partial charge >= 0.3 is 0 Å². The summed E-state index contributed by atoms with van der Waals surface area (Å²) in [7, 11) is 0. The Labute approximate surface area is 170 Å². The first-order chi connectivity index (χ1) is 14.0. The second-order valence-electron chi connectivity index (χ2n) is 7.82. The molecule has 7 nitrogen and oxygen atoms in total. The molecular weight excluding hydrogens is 368 g/mol. The molecule has 1 aromatic carbocycles. The van der Waals surface area contributed by atoms with Crippen LogP contribution >= 0.6 is 0 Å². The Balaban J connectivity index is 1.37. The Morgan fingerprint density at radius 3 is 2.52 bits per heavy atom. The topological polar surface area (TPSA) is 85.5 Å². The van der Waals surface area contributed by atoms with Crippen LogP contribution in [-0.4, -0.2) is 58.7 Å². The van der Waals surface area contributed by atoms with Crippen molar-refractivity contribution >= 4 is 23.5 Å². The zero-order valence-electron chi connectivity index (χ0n) is 16.6. The van der Waals surface area contributed by atoms with Crippen molar-refractivity contribution in [3.05, 3.63) is 53.2 Å². The van der Waals surface area contributed by atoms with E-state index in [9.17, 15) is 14.4 Å². The lowest BCUT2D eigenvalue weighted by Crippen LogP contribution is -2.37. The molecule has 0 radical (unpaired) electrons. The Morgan fingerprint density at radius 1 is 1.03 bits per heavy atom. The van der Waals surface area contributed by atoms with Crippen LogP contribution in [-0.2, 0) is 4.79 Å². The number of hydrogen-bond acceptors (Lipinski definition) is 3. The van der Waals surface area contributed by atoms with Crippen molar-refractivity contribution in [2.45, 2.75) is 26.2 Å². The number of aromatic nitrogens is 1. The molecule has 0 bridgehead atoms. The lowest BCUT2D eigenvalue weighted by Gasteiger charge is -2.22. The smallest absolute Gasteiger partial charge is 0.257 e. The van der Waals surface area contributed by atoms with Crippen LogP contribution in [0, 0.1) is 12.8 Å². The number of aryl methyl sites for hydroxylation is 1. The molecular formula is C22H26N4O3. The molecule has 3 amide bonds. The third kappa shape index (κ3) is 4.34. The van der Waals surface area contributed by atoms with Gasteiger partial charge in [0.2, 0.25) is 5.91 Å². The van der Waals surface area contributed by atoms with Crippen molar-refractivity contribution in [1.29, 1.82) is 0 Å². The largest absolute Gasteiger partial charge is 0.347 e. The fourth-order valence-electron chi connectivity index (χ4n) is 3.72. The van der Waals surface area contributed by atoms with Gasteiger partial charge in [0.25, 0.3) is 11.8 Å². The van der Waals surface area contributed by atoms with E-state index in [4.69, 9.17) is 0 Å². The van der Waals surface area contributed by atoms with Crippen LogP contribution in [0.25, 0.3) is 0 Å². The summed E-state index contributed by atoms with van der Waals surface area (Å²) in [6.45, 7) is 4.35. The quantitative estimate of drug-likeness (QED) is 0.836. The van der Waals surface area contributed by atoms with Gasteiger partial charge in [0, 0.05) is 43.9 Å². The highest BCUT2D eigenvalue weighted by atomic mass is 16.2. The highest BCUT2D eigenvalue weighted by molar-refractivity contribution is 6.05. The second-order valence-corrected chi connectivity index (χ2v) is 7.82. The molecule has 0 unspecified atom stereocenters. The number of carbonyl (C=O) groups excluding carboxylic acids is 3. The monoisotopic (exact) mass is 394 g/mol. The van der Waals surface area contributed by atoms with E-state index in [0.717, 1.165) is 24.8 Å². The Kier molecular flexibility index (Phi) is 5.38. The average Bonchev–Trinajstić information content (AvgIpc) is 3.51. The number of H-pyrrole nitrogens is 1. The maximum absolute atomic E-state index is 12.9. The van der Waals surface area contributed by atoms with Crippen LogP contribution in [0.1, 0.15) is 45.5 Å². The van der Waals surface area contributed by atoms with Gasteiger partial charge in [-0.25, -0.2) is 0 Å². The number of aromatic amines is 1. The minimum atomic E-state index is -0.215. The van der Waals surface area contributed by atoms with E-state index in [0.29, 0.717) is 43.1 Å². The van der Waals surface area contributed by atoms with Crippen LogP contribution in [0.2, 0.25) is 0 Å². The van der Waals surface area contributed by atoms with Crippen LogP contribution in [0.4, 0.5) is 5.82 Å². The van der Waals surface area contributed by atoms with Crippen LogP contribution < -0.4 is 5.32 Å². The average molecular weight is 394 g/mol. The number of benzene rings is 1. The van der Waals surface area contributed by atoms with E-state index in [-0.39, 0.29) is 23.6 Å². The van der Waals surface area contributed by atoms with E-state index >= 15 is 0 Å². The second kappa shape index (κ2) is 8.11. The van der Waals surface area contributed by atoms with Crippen LogP contribution in [0.3, 0.4) is 0 Å². The SMILES string of the molecule is Cc1ccccc1C(=O)Nc1cc(C(=O)N2CCCN(C(=O)C3CC3)CC2)c[nH]1. The molecule has 29 heavy (non-hydrogen) atoms. The molecule has 2 aliphatic rings. The molecule has 1 aromatic heterocycles. The van der Waals surface area contributed by atoms with E-state index in [2.05, 4.69) is 10.3 Å². The zero-order chi connectivity index (χ0) is 20.4. The highest BCUT2D eigenvalue weighted by Crippen LogP contribution is 2.31. The first kappa shape index (κ1) is 19.2. The van der Waals surface area contributed by atoms with E-state index < -0.39 is 0 Å². The van der Waals surface area contributed by atoms with Crippen molar-refractivity contribution in [2.75, 3.05) is 31.5 Å². The first-order valence-electron chi connectivity index (χ1n) is 10.2. The minimum absolute atomic E-state index is 0.0849. The Hall–Kier alpha value is -3.09. The molecule has 2 N–H and O–H groups in total. The molecule has 4 rings (SSSR count). The van der Waals surface area contributed by atoms with E-state index in [1.807, 2.05) is 30.0 Å². The van der Waals surface area contributed by atoms with Crippen molar-refractivity contribution in [3.8, 4) is 0 Å². The third-order valence-electron chi connectivity index (χ3n) is 5.59. The fraction of sp³-hybridized carbons (Fsp3) is 0.409. The van der Waals surface area contributed by atoms with Gasteiger partial charge in [-0.1, -0.05) is 18.2 Å². The molecule has 7 heteroatoms. The molecule has 2 heterocycles. The van der Waals surface area contributed by atoms with Crippen molar-refractivity contribution < 1.29 is 14.4 Å². The molecule has 0 atom stereocenters. The third-order valence-corrected chi connectivity index (χ3v) is 5.59. The van der Waals surface area contributed by atoms with Crippen LogP contribution in [0.5, 0.6) is 0 Å². The normalized spacial score (nSPS) is 17.0. The molecule has 2 aromatic rings. The molecule has 1 aliphatic carbocycles. The lowest BCUT2D eigenvalue weighted by atomic mass is 10.1. The number of amides is 3. The van der Waals surface area contributed by atoms with E-state index in [1.165, 1.54) is 0 Å². The molecule has 2 fully saturated rings. The van der Waals surface area contributed by atoms with Gasteiger partial charge in [-0.3, -0.25) is 14.4 Å². The summed E-state index contributed by atoms with van der Waals surface area (Å²) in [5, 5.41) is 2.81. The molecule has 1 aliphatic heterocycles. The predicted molar refractivity (Wildman–Crippen MR) is 110 cm³/mol. The number of nitrogens with zero attached hydrogens (tertiary/aromatic N) is 2. The van der Waals surface area contributed by atoms with Gasteiger partial charge in [0.1, 0.15) is 5.82 Å². The van der Waals surface area contributed by atoms with Gasteiger partial charge in [0.05, 0.1) is 5.56 Å². The fourth-order valence-corrected chi connectivity index (χ4v) is 3.72. The molecule has 0 spiro atoms. The Morgan fingerprint density at radius 2 is 1.76 bits per heavy atom. The summed E-state index contributed by atoms with van der Waals surface area (Å²) in [6, 6.07) is 9.03. The van der Waals surface area contributed by atoms with Crippen molar-refractivity contribution in [1.82, 2.24) is 14.8 Å². The van der Waals surface area contributed by atoms with Gasteiger partial charge in [-0.05, 0) is 43.9 Å². The van der Waals surface area contributed by atoms with Gasteiger partial charge < -0.3 is 20.1 Å². The number of hydrogen-bond donors (Lipinski definition) is 2. The maximum atomic E-state index is 12.9. The summed E-state index contributed by atoms with van der Waals surface area (Å²) in [4.78, 5) is 44.3. The molecule has 1 saturated carbocycles. The standard InChI is InChI=1S/C22H26N4O3/c1-15-5-2-3-6-18(15)20(27)24-19-13-17(14-23-19)22(29)26-10-4-9-25(11-12-26)21(28)16-7-8-16/h2-3,5-6,13-14,16,23H,4,7-12H2,1H3,(H,24,27). The maximum Gasteiger partial charge on any atom is 0.257 e. The van der Waals surface area contributed by atoms with Gasteiger partial charge in [-0.15, -0.1) is 0 Å².